The van der Waals surface area contributed by atoms with Gasteiger partial charge in [0, 0.05) is 33.2 Å². The van der Waals surface area contributed by atoms with E-state index in [1.807, 2.05) is 17.5 Å². The molecule has 1 aromatic carbocycles. The molecule has 0 atom stereocenters. The Bertz CT molecular complexity index is 1380. The summed E-state index contributed by atoms with van der Waals surface area (Å²) in [6, 6.07) is 17.2. The first-order chi connectivity index (χ1) is 16.1. The summed E-state index contributed by atoms with van der Waals surface area (Å²) in [5.74, 6) is 0.576. The van der Waals surface area contributed by atoms with Crippen LogP contribution < -0.4 is 0 Å². The van der Waals surface area contributed by atoms with E-state index in [-0.39, 0.29) is 5.69 Å². The minimum atomic E-state index is -0.401. The van der Waals surface area contributed by atoms with E-state index < -0.39 is 4.92 Å². The third-order valence-corrected chi connectivity index (χ3v) is 8.23. The Kier molecular flexibility index (Phi) is 6.09. The third-order valence-electron chi connectivity index (χ3n) is 5.48. The van der Waals surface area contributed by atoms with Crippen molar-refractivity contribution >= 4 is 51.8 Å². The van der Waals surface area contributed by atoms with E-state index in [4.69, 9.17) is 4.98 Å². The molecule has 1 aliphatic carbocycles. The predicted octanol–water partition coefficient (Wildman–Crippen LogP) is 7.43. The first kappa shape index (κ1) is 21.6. The molecule has 0 spiro atoms. The SMILES string of the molecule is N#Cc1c(SCc2ccc([N+](=O)[O-])cc2)nc2c(c1-c1cccs1)CCC2=Cc1cccs1. The number of nitrogens with zero attached hydrogens (tertiary/aromatic N) is 3. The van der Waals surface area contributed by atoms with Gasteiger partial charge in [0.2, 0.25) is 0 Å². The fourth-order valence-corrected chi connectivity index (χ4v) is 6.37. The van der Waals surface area contributed by atoms with Crippen LogP contribution in [0.2, 0.25) is 0 Å². The smallest absolute Gasteiger partial charge is 0.258 e. The van der Waals surface area contributed by atoms with Gasteiger partial charge in [-0.2, -0.15) is 5.26 Å². The van der Waals surface area contributed by atoms with Crippen molar-refractivity contribution in [2.75, 3.05) is 0 Å². The first-order valence-corrected chi connectivity index (χ1v) is 13.0. The topological polar surface area (TPSA) is 79.8 Å². The van der Waals surface area contributed by atoms with Crippen molar-refractivity contribution in [2.45, 2.75) is 23.6 Å². The number of nitriles is 1. The molecule has 0 saturated heterocycles. The number of pyridine rings is 1. The number of nitro benzene ring substituents is 1. The number of benzene rings is 1. The summed E-state index contributed by atoms with van der Waals surface area (Å²) in [6.45, 7) is 0. The zero-order chi connectivity index (χ0) is 22.8. The van der Waals surface area contributed by atoms with Crippen molar-refractivity contribution in [2.24, 2.45) is 0 Å². The van der Waals surface area contributed by atoms with Crippen molar-refractivity contribution in [3.8, 4) is 16.5 Å². The monoisotopic (exact) mass is 487 g/mol. The predicted molar refractivity (Wildman–Crippen MR) is 135 cm³/mol. The van der Waals surface area contributed by atoms with Crippen LogP contribution in [0, 0.1) is 21.4 Å². The fraction of sp³-hybridized carbons (Fsp3) is 0.120. The normalized spacial score (nSPS) is 13.7. The molecule has 5 nitrogen and oxygen atoms in total. The highest BCUT2D eigenvalue weighted by Crippen LogP contribution is 2.44. The molecule has 1 aliphatic rings. The minimum Gasteiger partial charge on any atom is -0.258 e. The molecule has 0 N–H and O–H groups in total. The lowest BCUT2D eigenvalue weighted by atomic mass is 10.0. The number of thioether (sulfide) groups is 1. The average molecular weight is 488 g/mol. The van der Waals surface area contributed by atoms with E-state index in [2.05, 4.69) is 29.7 Å². The molecule has 0 bridgehead atoms. The second kappa shape index (κ2) is 9.32. The Morgan fingerprint density at radius 2 is 1.91 bits per heavy atom. The molecule has 0 aliphatic heterocycles. The van der Waals surface area contributed by atoms with Gasteiger partial charge in [0.25, 0.3) is 5.69 Å². The maximum atomic E-state index is 10.9. The Balaban J connectivity index is 1.57. The second-order valence-corrected chi connectivity index (χ2v) is 10.4. The van der Waals surface area contributed by atoms with Crippen LogP contribution in [-0.4, -0.2) is 9.91 Å². The van der Waals surface area contributed by atoms with Gasteiger partial charge in [0.15, 0.2) is 0 Å². The van der Waals surface area contributed by atoms with Gasteiger partial charge in [-0.05, 0) is 58.5 Å². The maximum absolute atomic E-state index is 10.9. The van der Waals surface area contributed by atoms with Crippen molar-refractivity contribution in [3.63, 3.8) is 0 Å². The highest BCUT2D eigenvalue weighted by atomic mass is 32.2. The van der Waals surface area contributed by atoms with Crippen molar-refractivity contribution in [3.05, 3.63) is 96.7 Å². The number of fused-ring (bicyclic) bond motifs is 1. The van der Waals surface area contributed by atoms with Gasteiger partial charge in [-0.1, -0.05) is 24.3 Å². The molecule has 0 unspecified atom stereocenters. The molecular weight excluding hydrogens is 470 g/mol. The molecule has 0 fully saturated rings. The summed E-state index contributed by atoms with van der Waals surface area (Å²) in [5, 5.41) is 25.8. The van der Waals surface area contributed by atoms with Crippen LogP contribution >= 0.6 is 34.4 Å². The van der Waals surface area contributed by atoms with E-state index in [1.54, 1.807) is 34.8 Å². The first-order valence-electron chi connectivity index (χ1n) is 10.3. The van der Waals surface area contributed by atoms with Crippen LogP contribution in [0.15, 0.2) is 64.3 Å². The molecule has 0 radical (unpaired) electrons. The van der Waals surface area contributed by atoms with Crippen molar-refractivity contribution in [1.82, 2.24) is 4.98 Å². The Labute approximate surface area is 203 Å². The molecule has 4 aromatic rings. The quantitative estimate of drug-likeness (QED) is 0.160. The largest absolute Gasteiger partial charge is 0.269 e. The van der Waals surface area contributed by atoms with Crippen molar-refractivity contribution < 1.29 is 4.92 Å². The van der Waals surface area contributed by atoms with Gasteiger partial charge in [-0.25, -0.2) is 4.98 Å². The molecular formula is C25H17N3O2S3. The standard InChI is InChI=1S/C25H17N3O2S3/c26-14-21-23(22-4-2-12-32-22)20-10-7-17(13-19-3-1-11-31-19)24(20)27-25(21)33-15-16-5-8-18(9-6-16)28(29)30/h1-6,8-9,11-13H,7,10,15H2. The second-order valence-electron chi connectivity index (χ2n) is 7.48. The summed E-state index contributed by atoms with van der Waals surface area (Å²) < 4.78 is 0. The Morgan fingerprint density at radius 3 is 2.58 bits per heavy atom. The summed E-state index contributed by atoms with van der Waals surface area (Å²) in [4.78, 5) is 17.8. The molecule has 8 heteroatoms. The minimum absolute atomic E-state index is 0.0699. The summed E-state index contributed by atoms with van der Waals surface area (Å²) in [6.07, 6.45) is 3.98. The lowest BCUT2D eigenvalue weighted by molar-refractivity contribution is -0.384. The number of thiophene rings is 2. The summed E-state index contributed by atoms with van der Waals surface area (Å²) >= 11 is 4.84. The van der Waals surface area contributed by atoms with Crippen LogP contribution in [0.4, 0.5) is 5.69 Å². The molecule has 33 heavy (non-hydrogen) atoms. The molecule has 162 valence electrons. The number of hydrogen-bond donors (Lipinski definition) is 0. The lowest BCUT2D eigenvalue weighted by Gasteiger charge is -2.13. The van der Waals surface area contributed by atoms with Gasteiger partial charge in [-0.3, -0.25) is 10.1 Å². The van der Waals surface area contributed by atoms with E-state index in [0.29, 0.717) is 16.3 Å². The van der Waals surface area contributed by atoms with Crippen LogP contribution in [-0.2, 0) is 12.2 Å². The summed E-state index contributed by atoms with van der Waals surface area (Å²) in [7, 11) is 0. The average Bonchev–Trinajstić information content (AvgIpc) is 3.60. The Hall–Kier alpha value is -3.25. The molecule has 3 aromatic heterocycles. The highest BCUT2D eigenvalue weighted by Gasteiger charge is 2.27. The lowest BCUT2D eigenvalue weighted by Crippen LogP contribution is -2.00. The van der Waals surface area contributed by atoms with Gasteiger partial charge < -0.3 is 0 Å². The van der Waals surface area contributed by atoms with Gasteiger partial charge in [0.1, 0.15) is 11.1 Å². The fourth-order valence-electron chi connectivity index (χ4n) is 3.94. The number of rotatable bonds is 6. The van der Waals surface area contributed by atoms with Gasteiger partial charge >= 0.3 is 0 Å². The van der Waals surface area contributed by atoms with Gasteiger partial charge in [-0.15, -0.1) is 34.4 Å². The van der Waals surface area contributed by atoms with Crippen molar-refractivity contribution in [1.29, 1.82) is 5.26 Å². The number of nitro groups is 1. The van der Waals surface area contributed by atoms with E-state index in [9.17, 15) is 15.4 Å². The highest BCUT2D eigenvalue weighted by molar-refractivity contribution is 7.98. The zero-order valence-electron chi connectivity index (χ0n) is 17.4. The molecule has 0 amide bonds. The zero-order valence-corrected chi connectivity index (χ0v) is 19.8. The number of allylic oxidation sites excluding steroid dienone is 1. The van der Waals surface area contributed by atoms with E-state index in [0.717, 1.165) is 40.1 Å². The molecule has 3 heterocycles. The maximum Gasteiger partial charge on any atom is 0.269 e. The third kappa shape index (κ3) is 4.35. The van der Waals surface area contributed by atoms with Gasteiger partial charge in [0.05, 0.1) is 16.2 Å². The number of non-ortho nitro benzene ring substituents is 1. The van der Waals surface area contributed by atoms with Crippen LogP contribution in [0.25, 0.3) is 22.1 Å². The van der Waals surface area contributed by atoms with E-state index in [1.165, 1.54) is 34.3 Å². The molecule has 0 saturated carbocycles. The Morgan fingerprint density at radius 1 is 1.12 bits per heavy atom. The number of hydrogen-bond acceptors (Lipinski definition) is 7. The molecule has 5 rings (SSSR count). The van der Waals surface area contributed by atoms with E-state index >= 15 is 0 Å². The van der Waals surface area contributed by atoms with Crippen LogP contribution in [0.1, 0.15) is 33.7 Å². The number of aromatic nitrogens is 1. The van der Waals surface area contributed by atoms with Crippen LogP contribution in [0.3, 0.4) is 0 Å². The van der Waals surface area contributed by atoms with Crippen LogP contribution in [0.5, 0.6) is 0 Å². The summed E-state index contributed by atoms with van der Waals surface area (Å²) in [5.41, 5.74) is 5.96.